The van der Waals surface area contributed by atoms with Gasteiger partial charge in [0.05, 0.1) is 24.0 Å². The second kappa shape index (κ2) is 8.13. The summed E-state index contributed by atoms with van der Waals surface area (Å²) in [5, 5.41) is 3.20. The number of fused-ring (bicyclic) bond motifs is 3. The first-order chi connectivity index (χ1) is 15.5. The molecule has 7 heteroatoms. The molecule has 0 aliphatic carbocycles. The molecular weight excluding hydrogens is 432 g/mol. The van der Waals surface area contributed by atoms with Crippen molar-refractivity contribution in [3.8, 4) is 5.69 Å². The van der Waals surface area contributed by atoms with E-state index in [0.29, 0.717) is 11.6 Å². The number of nitrogens with one attached hydrogen (secondary N) is 1. The van der Waals surface area contributed by atoms with Gasteiger partial charge in [0.1, 0.15) is 11.6 Å². The number of hydrogen-bond acceptors (Lipinski definition) is 1. The molecule has 5 rings (SSSR count). The third-order valence-electron chi connectivity index (χ3n) is 5.58. The quantitative estimate of drug-likeness (QED) is 0.370. The summed E-state index contributed by atoms with van der Waals surface area (Å²) < 4.78 is 29.6. The van der Waals surface area contributed by atoms with E-state index >= 15 is 0 Å². The Kier molecular flexibility index (Phi) is 5.15. The van der Waals surface area contributed by atoms with Crippen molar-refractivity contribution >= 4 is 23.3 Å². The number of aromatic nitrogens is 1. The molecule has 32 heavy (non-hydrogen) atoms. The Morgan fingerprint density at radius 2 is 1.75 bits per heavy atom. The first-order valence-corrected chi connectivity index (χ1v) is 10.4. The molecule has 0 saturated carbocycles. The first kappa shape index (κ1) is 20.3. The maximum atomic E-state index is 14.3. The van der Waals surface area contributed by atoms with Crippen molar-refractivity contribution in [2.75, 3.05) is 5.32 Å². The van der Waals surface area contributed by atoms with Gasteiger partial charge in [-0.05, 0) is 53.6 Å². The van der Waals surface area contributed by atoms with Gasteiger partial charge in [0.25, 0.3) is 0 Å². The van der Waals surface area contributed by atoms with Gasteiger partial charge in [0, 0.05) is 23.0 Å². The van der Waals surface area contributed by atoms with Gasteiger partial charge in [-0.15, -0.1) is 0 Å². The number of benzene rings is 3. The number of anilines is 1. The minimum absolute atomic E-state index is 0.0841. The van der Waals surface area contributed by atoms with Crippen LogP contribution in [0.3, 0.4) is 0 Å². The fourth-order valence-corrected chi connectivity index (χ4v) is 4.24. The van der Waals surface area contributed by atoms with Gasteiger partial charge in [-0.1, -0.05) is 41.9 Å². The van der Waals surface area contributed by atoms with Crippen LogP contribution in [0.1, 0.15) is 22.9 Å². The lowest BCUT2D eigenvalue weighted by Gasteiger charge is -2.31. The number of carbonyl (C=O) groups is 1. The van der Waals surface area contributed by atoms with E-state index in [1.807, 2.05) is 54.7 Å². The smallest absolute Gasteiger partial charge is 0.318 e. The lowest BCUT2D eigenvalue weighted by Crippen LogP contribution is -2.38. The molecule has 1 N–H and O–H groups in total. The van der Waals surface area contributed by atoms with E-state index in [1.54, 1.807) is 17.0 Å². The molecule has 0 spiro atoms. The molecule has 0 radical (unpaired) electrons. The van der Waals surface area contributed by atoms with Crippen LogP contribution in [-0.2, 0) is 6.54 Å². The number of rotatable bonds is 2. The Morgan fingerprint density at radius 1 is 0.969 bits per heavy atom. The third-order valence-corrected chi connectivity index (χ3v) is 5.84. The Balaban J connectivity index is 1.62. The predicted molar refractivity (Wildman–Crippen MR) is 120 cm³/mol. The van der Waals surface area contributed by atoms with E-state index in [1.165, 1.54) is 6.07 Å². The highest BCUT2D eigenvalue weighted by Gasteiger charge is 2.33. The third kappa shape index (κ3) is 3.63. The van der Waals surface area contributed by atoms with Gasteiger partial charge in [-0.2, -0.15) is 0 Å². The van der Waals surface area contributed by atoms with Gasteiger partial charge in [-0.3, -0.25) is 0 Å². The summed E-state index contributed by atoms with van der Waals surface area (Å²) in [5.41, 5.74) is 3.56. The van der Waals surface area contributed by atoms with Crippen LogP contribution in [0.4, 0.5) is 19.3 Å². The summed E-state index contributed by atoms with van der Waals surface area (Å²) in [4.78, 5) is 15.1. The molecule has 4 nitrogen and oxygen atoms in total. The number of urea groups is 1. The van der Waals surface area contributed by atoms with E-state index in [9.17, 15) is 13.6 Å². The minimum atomic E-state index is -0.833. The molecule has 3 aromatic carbocycles. The van der Waals surface area contributed by atoms with Crippen LogP contribution in [-0.4, -0.2) is 15.5 Å². The number of carbonyl (C=O) groups excluding carboxylic acids is 1. The van der Waals surface area contributed by atoms with Crippen LogP contribution < -0.4 is 5.32 Å². The molecule has 0 saturated heterocycles. The molecule has 1 aromatic heterocycles. The van der Waals surface area contributed by atoms with E-state index in [0.717, 1.165) is 34.6 Å². The summed E-state index contributed by atoms with van der Waals surface area (Å²) in [6, 6.07) is 21.1. The van der Waals surface area contributed by atoms with Crippen molar-refractivity contribution in [1.82, 2.24) is 9.47 Å². The number of nitrogens with zero attached hydrogens (tertiary/aromatic N) is 2. The molecule has 1 aliphatic rings. The van der Waals surface area contributed by atoms with E-state index in [4.69, 9.17) is 11.6 Å². The van der Waals surface area contributed by atoms with Crippen LogP contribution in [0.5, 0.6) is 0 Å². The van der Waals surface area contributed by atoms with Gasteiger partial charge >= 0.3 is 6.03 Å². The number of hydrogen-bond donors (Lipinski definition) is 1. The van der Waals surface area contributed by atoms with E-state index in [-0.39, 0.29) is 5.69 Å². The number of para-hydroxylation sites is 1. The van der Waals surface area contributed by atoms with Crippen molar-refractivity contribution in [2.45, 2.75) is 12.6 Å². The average molecular weight is 450 g/mol. The van der Waals surface area contributed by atoms with E-state index < -0.39 is 23.7 Å². The zero-order valence-corrected chi connectivity index (χ0v) is 17.6. The van der Waals surface area contributed by atoms with Crippen LogP contribution in [0.25, 0.3) is 5.69 Å². The van der Waals surface area contributed by atoms with Gasteiger partial charge in [0.15, 0.2) is 0 Å². The molecule has 2 amide bonds. The first-order valence-electron chi connectivity index (χ1n) is 10.0. The topological polar surface area (TPSA) is 37.3 Å². The Bertz CT molecular complexity index is 1300. The van der Waals surface area contributed by atoms with Crippen LogP contribution in [0.15, 0.2) is 85.1 Å². The summed E-state index contributed by atoms with van der Waals surface area (Å²) in [6.07, 6.45) is 1.96. The lowest BCUT2D eigenvalue weighted by molar-refractivity contribution is 0.194. The molecular formula is C25H18ClF2N3O. The predicted octanol–water partition coefficient (Wildman–Crippen LogP) is 6.55. The highest BCUT2D eigenvalue weighted by atomic mass is 35.5. The molecule has 0 unspecified atom stereocenters. The van der Waals surface area contributed by atoms with Crippen LogP contribution in [0, 0.1) is 11.6 Å². The second-order valence-electron chi connectivity index (χ2n) is 7.57. The SMILES string of the molecule is O=C(Nc1ccc(F)cc1F)N1Cc2ccccc2-n2cccc2[C@H]1c1ccc(Cl)cc1. The van der Waals surface area contributed by atoms with Gasteiger partial charge < -0.3 is 14.8 Å². The Hall–Kier alpha value is -3.64. The van der Waals surface area contributed by atoms with Crippen molar-refractivity contribution in [1.29, 1.82) is 0 Å². The molecule has 1 aliphatic heterocycles. The fourth-order valence-electron chi connectivity index (χ4n) is 4.11. The van der Waals surface area contributed by atoms with Gasteiger partial charge in [-0.25, -0.2) is 13.6 Å². The van der Waals surface area contributed by atoms with Crippen LogP contribution in [0.2, 0.25) is 5.02 Å². The fraction of sp³-hybridized carbons (Fsp3) is 0.0800. The van der Waals surface area contributed by atoms with Crippen molar-refractivity contribution in [3.05, 3.63) is 119 Å². The highest BCUT2D eigenvalue weighted by molar-refractivity contribution is 6.30. The summed E-state index contributed by atoms with van der Waals surface area (Å²) in [5.74, 6) is -1.54. The standard InChI is InChI=1S/C25H18ClF2N3O/c26-18-9-7-16(8-10-18)24-23-6-3-13-30(23)22-5-2-1-4-17(22)15-31(24)25(32)29-21-12-11-19(27)14-20(21)28/h1-14,24H,15H2,(H,29,32)/t24-/m1/s1. The maximum Gasteiger partial charge on any atom is 0.323 e. The Morgan fingerprint density at radius 3 is 2.53 bits per heavy atom. The summed E-state index contributed by atoms with van der Waals surface area (Å²) in [6.45, 7) is 0.291. The molecule has 2 heterocycles. The van der Waals surface area contributed by atoms with Crippen LogP contribution >= 0.6 is 11.6 Å². The molecule has 1 atom stereocenters. The van der Waals surface area contributed by atoms with Crippen molar-refractivity contribution in [2.24, 2.45) is 0 Å². The zero-order chi connectivity index (χ0) is 22.2. The molecule has 0 fully saturated rings. The molecule has 160 valence electrons. The highest BCUT2D eigenvalue weighted by Crippen LogP contribution is 2.37. The van der Waals surface area contributed by atoms with Crippen molar-refractivity contribution < 1.29 is 13.6 Å². The van der Waals surface area contributed by atoms with E-state index in [2.05, 4.69) is 9.88 Å². The largest absolute Gasteiger partial charge is 0.323 e. The number of amides is 2. The molecule has 0 bridgehead atoms. The normalized spacial score (nSPS) is 15.0. The second-order valence-corrected chi connectivity index (χ2v) is 8.00. The molecule has 4 aromatic rings. The zero-order valence-electron chi connectivity index (χ0n) is 16.8. The van der Waals surface area contributed by atoms with Crippen molar-refractivity contribution in [3.63, 3.8) is 0 Å². The van der Waals surface area contributed by atoms with Gasteiger partial charge in [0.2, 0.25) is 0 Å². The maximum absolute atomic E-state index is 14.3. The summed E-state index contributed by atoms with van der Waals surface area (Å²) in [7, 11) is 0. The summed E-state index contributed by atoms with van der Waals surface area (Å²) >= 11 is 6.10. The minimum Gasteiger partial charge on any atom is -0.318 e. The monoisotopic (exact) mass is 449 g/mol. The number of halogens is 3. The lowest BCUT2D eigenvalue weighted by atomic mass is 10.0. The Labute approximate surface area is 188 Å². The average Bonchev–Trinajstić information content (AvgIpc) is 3.21.